The number of furan rings is 1. The Morgan fingerprint density at radius 2 is 2.00 bits per heavy atom. The van der Waals surface area contributed by atoms with Gasteiger partial charge in [-0.15, -0.1) is 11.3 Å². The maximum Gasteiger partial charge on any atom is 0.263 e. The van der Waals surface area contributed by atoms with Crippen LogP contribution in [0.1, 0.15) is 47.6 Å². The molecule has 0 radical (unpaired) electrons. The highest BCUT2D eigenvalue weighted by Crippen LogP contribution is 2.35. The maximum atomic E-state index is 13.7. The molecular weight excluding hydrogens is 466 g/mol. The molecular formula is C26H27N3O3S2. The van der Waals surface area contributed by atoms with Crippen LogP contribution in [0.3, 0.4) is 0 Å². The second kappa shape index (κ2) is 9.80. The Balaban J connectivity index is 1.44. The fourth-order valence-electron chi connectivity index (χ4n) is 4.43. The topological polar surface area (TPSA) is 68.3 Å². The maximum absolute atomic E-state index is 13.7. The van der Waals surface area contributed by atoms with Crippen LogP contribution in [-0.4, -0.2) is 33.2 Å². The Bertz CT molecular complexity index is 1360. The van der Waals surface area contributed by atoms with Crippen LogP contribution in [0.15, 0.2) is 63.1 Å². The van der Waals surface area contributed by atoms with E-state index in [2.05, 4.69) is 0 Å². The predicted molar refractivity (Wildman–Crippen MR) is 137 cm³/mol. The quantitative estimate of drug-likeness (QED) is 0.258. The van der Waals surface area contributed by atoms with Gasteiger partial charge in [0.15, 0.2) is 5.16 Å². The van der Waals surface area contributed by atoms with Gasteiger partial charge in [0.2, 0.25) is 5.91 Å². The summed E-state index contributed by atoms with van der Waals surface area (Å²) in [6.45, 7) is 2.32. The van der Waals surface area contributed by atoms with Crippen molar-refractivity contribution in [2.75, 3.05) is 12.8 Å². The van der Waals surface area contributed by atoms with Crippen molar-refractivity contribution in [2.24, 2.45) is 0 Å². The number of hydrogen-bond donors (Lipinski definition) is 0. The van der Waals surface area contributed by atoms with Crippen molar-refractivity contribution in [3.63, 3.8) is 0 Å². The fraction of sp³-hybridized carbons (Fsp3) is 0.346. The highest BCUT2D eigenvalue weighted by Gasteiger charge is 2.24. The molecule has 0 N–H and O–H groups in total. The normalized spacial score (nSPS) is 14.2. The van der Waals surface area contributed by atoms with Crippen molar-refractivity contribution in [2.45, 2.75) is 50.4 Å². The molecule has 6 nitrogen and oxygen atoms in total. The number of amides is 1. The van der Waals surface area contributed by atoms with Crippen LogP contribution in [0, 0.1) is 0 Å². The molecule has 1 atom stereocenters. The average molecular weight is 494 g/mol. The molecule has 8 heteroatoms. The summed E-state index contributed by atoms with van der Waals surface area (Å²) in [5, 5.41) is 1.30. The third-order valence-electron chi connectivity index (χ3n) is 6.51. The van der Waals surface area contributed by atoms with Crippen molar-refractivity contribution in [3.05, 3.63) is 80.8 Å². The number of benzene rings is 1. The van der Waals surface area contributed by atoms with Crippen molar-refractivity contribution < 1.29 is 9.21 Å². The van der Waals surface area contributed by atoms with Gasteiger partial charge in [0.05, 0.1) is 30.0 Å². The van der Waals surface area contributed by atoms with Gasteiger partial charge in [-0.1, -0.05) is 42.1 Å². The van der Waals surface area contributed by atoms with Crippen molar-refractivity contribution in [1.82, 2.24) is 14.5 Å². The van der Waals surface area contributed by atoms with Gasteiger partial charge in [0.1, 0.15) is 10.6 Å². The third kappa shape index (κ3) is 4.44. The van der Waals surface area contributed by atoms with Gasteiger partial charge in [-0.3, -0.25) is 14.2 Å². The van der Waals surface area contributed by atoms with Crippen LogP contribution >= 0.6 is 23.1 Å². The first kappa shape index (κ1) is 22.9. The lowest BCUT2D eigenvalue weighted by Gasteiger charge is -2.25. The van der Waals surface area contributed by atoms with Gasteiger partial charge >= 0.3 is 0 Å². The number of rotatable bonds is 7. The van der Waals surface area contributed by atoms with E-state index in [0.29, 0.717) is 17.5 Å². The second-order valence-electron chi connectivity index (χ2n) is 8.64. The van der Waals surface area contributed by atoms with Gasteiger partial charge in [0, 0.05) is 11.9 Å². The Morgan fingerprint density at radius 3 is 2.76 bits per heavy atom. The van der Waals surface area contributed by atoms with E-state index >= 15 is 0 Å². The van der Waals surface area contributed by atoms with E-state index in [4.69, 9.17) is 9.40 Å². The molecule has 1 aliphatic rings. The first-order chi connectivity index (χ1) is 16.5. The minimum atomic E-state index is -0.0425. The van der Waals surface area contributed by atoms with Crippen molar-refractivity contribution in [3.8, 4) is 0 Å². The highest BCUT2D eigenvalue weighted by atomic mass is 32.2. The summed E-state index contributed by atoms with van der Waals surface area (Å²) < 4.78 is 7.20. The standard InChI is InChI=1S/C26H27N3O3S2/c1-17(18-9-4-3-5-10-18)28(2)22(30)16-33-26-27-24-23(20-12-6-7-13-21(20)34-24)25(31)29(26)15-19-11-8-14-32-19/h3-5,8-11,14,17H,6-7,12-13,15-16H2,1-2H3. The zero-order valence-electron chi connectivity index (χ0n) is 19.3. The van der Waals surface area contributed by atoms with Crippen LogP contribution in [-0.2, 0) is 24.2 Å². The summed E-state index contributed by atoms with van der Waals surface area (Å²) in [7, 11) is 1.82. The summed E-state index contributed by atoms with van der Waals surface area (Å²) >= 11 is 2.95. The predicted octanol–water partition coefficient (Wildman–Crippen LogP) is 5.29. The van der Waals surface area contributed by atoms with Crippen LogP contribution in [0.5, 0.6) is 0 Å². The molecule has 176 valence electrons. The van der Waals surface area contributed by atoms with E-state index in [1.54, 1.807) is 27.1 Å². The summed E-state index contributed by atoms with van der Waals surface area (Å²) in [6.07, 6.45) is 5.81. The lowest BCUT2D eigenvalue weighted by Crippen LogP contribution is -2.31. The van der Waals surface area contributed by atoms with E-state index in [0.717, 1.165) is 41.5 Å². The zero-order chi connectivity index (χ0) is 23.7. The number of thiophene rings is 1. The molecule has 0 bridgehead atoms. The number of carbonyl (C=O) groups is 1. The molecule has 5 rings (SSSR count). The van der Waals surface area contributed by atoms with Crippen LogP contribution in [0.25, 0.3) is 10.2 Å². The van der Waals surface area contributed by atoms with Gasteiger partial charge in [-0.2, -0.15) is 0 Å². The molecule has 34 heavy (non-hydrogen) atoms. The Hall–Kier alpha value is -2.84. The first-order valence-electron chi connectivity index (χ1n) is 11.5. The van der Waals surface area contributed by atoms with E-state index in [-0.39, 0.29) is 23.3 Å². The van der Waals surface area contributed by atoms with E-state index in [1.807, 2.05) is 56.4 Å². The van der Waals surface area contributed by atoms with Gasteiger partial charge in [0.25, 0.3) is 5.56 Å². The Labute approximate surface area is 206 Å². The Morgan fingerprint density at radius 1 is 1.21 bits per heavy atom. The van der Waals surface area contributed by atoms with E-state index in [1.165, 1.54) is 22.2 Å². The summed E-state index contributed by atoms with van der Waals surface area (Å²) in [5.74, 6) is 0.885. The van der Waals surface area contributed by atoms with Gasteiger partial charge in [-0.25, -0.2) is 4.98 Å². The largest absolute Gasteiger partial charge is 0.467 e. The van der Waals surface area contributed by atoms with E-state index in [9.17, 15) is 9.59 Å². The molecule has 3 aromatic heterocycles. The second-order valence-corrected chi connectivity index (χ2v) is 10.7. The van der Waals surface area contributed by atoms with Crippen molar-refractivity contribution in [1.29, 1.82) is 0 Å². The highest BCUT2D eigenvalue weighted by molar-refractivity contribution is 7.99. The molecule has 0 saturated heterocycles. The minimum Gasteiger partial charge on any atom is -0.467 e. The zero-order valence-corrected chi connectivity index (χ0v) is 21.0. The molecule has 0 saturated carbocycles. The molecule has 1 amide bonds. The minimum absolute atomic E-state index is 0.00859. The number of carbonyl (C=O) groups excluding carboxylic acids is 1. The monoisotopic (exact) mass is 493 g/mol. The van der Waals surface area contributed by atoms with Gasteiger partial charge < -0.3 is 9.32 Å². The smallest absolute Gasteiger partial charge is 0.263 e. The first-order valence-corrected chi connectivity index (χ1v) is 13.3. The SMILES string of the molecule is CC(c1ccccc1)N(C)C(=O)CSc1nc2sc3c(c2c(=O)n1Cc1ccco1)CCCC3. The van der Waals surface area contributed by atoms with Crippen molar-refractivity contribution >= 4 is 39.2 Å². The number of aromatic nitrogens is 2. The lowest BCUT2D eigenvalue weighted by molar-refractivity contribution is -0.128. The molecule has 1 aromatic carbocycles. The molecule has 0 fully saturated rings. The lowest BCUT2D eigenvalue weighted by atomic mass is 9.97. The molecule has 1 unspecified atom stereocenters. The number of aryl methyl sites for hydroxylation is 2. The van der Waals surface area contributed by atoms with Gasteiger partial charge in [-0.05, 0) is 55.9 Å². The molecule has 4 aromatic rings. The average Bonchev–Trinajstić information content (AvgIpc) is 3.51. The summed E-state index contributed by atoms with van der Waals surface area (Å²) in [4.78, 5) is 35.4. The number of thioether (sulfide) groups is 1. The number of fused-ring (bicyclic) bond motifs is 3. The van der Waals surface area contributed by atoms with Crippen LogP contribution < -0.4 is 5.56 Å². The van der Waals surface area contributed by atoms with Crippen LogP contribution in [0.2, 0.25) is 0 Å². The summed E-state index contributed by atoms with van der Waals surface area (Å²) in [6, 6.07) is 13.6. The molecule has 1 aliphatic carbocycles. The van der Waals surface area contributed by atoms with Crippen LogP contribution in [0.4, 0.5) is 0 Å². The number of hydrogen-bond acceptors (Lipinski definition) is 6. The molecule has 0 aliphatic heterocycles. The third-order valence-corrected chi connectivity index (χ3v) is 8.66. The Kier molecular flexibility index (Phi) is 6.61. The molecule has 3 heterocycles. The van der Waals surface area contributed by atoms with E-state index < -0.39 is 0 Å². The summed E-state index contributed by atoms with van der Waals surface area (Å²) in [5.41, 5.74) is 2.21. The number of nitrogens with zero attached hydrogens (tertiary/aromatic N) is 3. The molecule has 0 spiro atoms. The fourth-order valence-corrected chi connectivity index (χ4v) is 6.65.